The van der Waals surface area contributed by atoms with E-state index in [0.717, 1.165) is 24.6 Å². The minimum Gasteiger partial charge on any atom is -0.356 e. The molecule has 2 aromatic rings. The van der Waals surface area contributed by atoms with Gasteiger partial charge in [0.25, 0.3) is 5.91 Å². The molecule has 1 amide bonds. The molecule has 1 saturated heterocycles. The van der Waals surface area contributed by atoms with Gasteiger partial charge in [-0.15, -0.1) is 0 Å². The maximum atomic E-state index is 12.8. The molecule has 4 nitrogen and oxygen atoms in total. The molecule has 1 aromatic carbocycles. The fourth-order valence-electron chi connectivity index (χ4n) is 2.69. The molecule has 0 atom stereocenters. The van der Waals surface area contributed by atoms with Crippen molar-refractivity contribution in [2.24, 2.45) is 0 Å². The van der Waals surface area contributed by atoms with Gasteiger partial charge in [0.1, 0.15) is 5.82 Å². The van der Waals surface area contributed by atoms with Gasteiger partial charge in [-0.1, -0.05) is 18.2 Å². The predicted octanol–water partition coefficient (Wildman–Crippen LogP) is 2.96. The third kappa shape index (κ3) is 2.75. The molecule has 1 aliphatic rings. The third-order valence-corrected chi connectivity index (χ3v) is 3.87. The Labute approximate surface area is 125 Å². The fourth-order valence-corrected chi connectivity index (χ4v) is 2.69. The fraction of sp³-hybridized carbons (Fsp3) is 0.294. The van der Waals surface area contributed by atoms with Gasteiger partial charge in [-0.05, 0) is 37.1 Å². The van der Waals surface area contributed by atoms with Gasteiger partial charge in [-0.2, -0.15) is 0 Å². The summed E-state index contributed by atoms with van der Waals surface area (Å²) >= 11 is 0. The normalized spacial score (nSPS) is 14.2. The van der Waals surface area contributed by atoms with Crippen LogP contribution in [0.5, 0.6) is 0 Å². The SMILES string of the molecule is CN(C(=O)c1cccnc1N1CCCC1)c1ccccc1. The molecular weight excluding hydrogens is 262 g/mol. The summed E-state index contributed by atoms with van der Waals surface area (Å²) in [6.45, 7) is 1.96. The van der Waals surface area contributed by atoms with E-state index in [9.17, 15) is 4.79 Å². The number of hydrogen-bond acceptors (Lipinski definition) is 3. The highest BCUT2D eigenvalue weighted by molar-refractivity contribution is 6.08. The number of amides is 1. The van der Waals surface area contributed by atoms with Gasteiger partial charge < -0.3 is 9.80 Å². The zero-order chi connectivity index (χ0) is 14.7. The Morgan fingerprint density at radius 3 is 2.52 bits per heavy atom. The molecule has 0 unspecified atom stereocenters. The van der Waals surface area contributed by atoms with E-state index in [1.165, 1.54) is 12.8 Å². The van der Waals surface area contributed by atoms with E-state index in [1.807, 2.05) is 42.5 Å². The van der Waals surface area contributed by atoms with Crippen LogP contribution in [0.1, 0.15) is 23.2 Å². The first-order valence-corrected chi connectivity index (χ1v) is 7.30. The number of pyridine rings is 1. The van der Waals surface area contributed by atoms with Gasteiger partial charge in [0.2, 0.25) is 0 Å². The van der Waals surface area contributed by atoms with Crippen LogP contribution in [0.15, 0.2) is 48.7 Å². The Balaban J connectivity index is 1.91. The Morgan fingerprint density at radius 2 is 1.81 bits per heavy atom. The van der Waals surface area contributed by atoms with Crippen LogP contribution in [0, 0.1) is 0 Å². The molecule has 2 heterocycles. The largest absolute Gasteiger partial charge is 0.356 e. The van der Waals surface area contributed by atoms with Crippen LogP contribution in [0.2, 0.25) is 0 Å². The molecule has 1 fully saturated rings. The van der Waals surface area contributed by atoms with Gasteiger partial charge in [-0.25, -0.2) is 4.98 Å². The van der Waals surface area contributed by atoms with Crippen molar-refractivity contribution >= 4 is 17.4 Å². The number of aromatic nitrogens is 1. The summed E-state index contributed by atoms with van der Waals surface area (Å²) < 4.78 is 0. The lowest BCUT2D eigenvalue weighted by atomic mass is 10.2. The number of anilines is 2. The minimum atomic E-state index is -0.0174. The Kier molecular flexibility index (Phi) is 3.86. The molecule has 0 spiro atoms. The molecule has 21 heavy (non-hydrogen) atoms. The van der Waals surface area contributed by atoms with Crippen LogP contribution in [-0.4, -0.2) is 31.0 Å². The monoisotopic (exact) mass is 281 g/mol. The quantitative estimate of drug-likeness (QED) is 0.868. The van der Waals surface area contributed by atoms with Gasteiger partial charge in [0, 0.05) is 32.0 Å². The summed E-state index contributed by atoms with van der Waals surface area (Å²) in [6.07, 6.45) is 4.09. The minimum absolute atomic E-state index is 0.0174. The Hall–Kier alpha value is -2.36. The third-order valence-electron chi connectivity index (χ3n) is 3.87. The molecule has 0 bridgehead atoms. The number of carbonyl (C=O) groups excluding carboxylic acids is 1. The molecule has 0 saturated carbocycles. The van der Waals surface area contributed by atoms with E-state index in [1.54, 1.807) is 18.1 Å². The summed E-state index contributed by atoms with van der Waals surface area (Å²) in [5.41, 5.74) is 1.56. The lowest BCUT2D eigenvalue weighted by Crippen LogP contribution is -2.29. The zero-order valence-electron chi connectivity index (χ0n) is 12.2. The van der Waals surface area contributed by atoms with Crippen molar-refractivity contribution in [2.45, 2.75) is 12.8 Å². The van der Waals surface area contributed by atoms with Gasteiger partial charge in [-0.3, -0.25) is 4.79 Å². The van der Waals surface area contributed by atoms with Crippen molar-refractivity contribution in [1.29, 1.82) is 0 Å². The Bertz CT molecular complexity index is 621. The highest BCUT2D eigenvalue weighted by Crippen LogP contribution is 2.24. The van der Waals surface area contributed by atoms with Crippen molar-refractivity contribution in [1.82, 2.24) is 4.98 Å². The maximum absolute atomic E-state index is 12.8. The van der Waals surface area contributed by atoms with Crippen molar-refractivity contribution in [3.05, 3.63) is 54.2 Å². The van der Waals surface area contributed by atoms with Crippen LogP contribution in [0.3, 0.4) is 0 Å². The molecule has 4 heteroatoms. The van der Waals surface area contributed by atoms with E-state index < -0.39 is 0 Å². The number of rotatable bonds is 3. The smallest absolute Gasteiger partial charge is 0.261 e. The van der Waals surface area contributed by atoms with Crippen LogP contribution in [0.4, 0.5) is 11.5 Å². The molecule has 108 valence electrons. The van der Waals surface area contributed by atoms with E-state index >= 15 is 0 Å². The zero-order valence-corrected chi connectivity index (χ0v) is 12.2. The van der Waals surface area contributed by atoms with Crippen molar-refractivity contribution in [2.75, 3.05) is 29.9 Å². The number of nitrogens with zero attached hydrogens (tertiary/aromatic N) is 3. The summed E-state index contributed by atoms with van der Waals surface area (Å²) in [4.78, 5) is 21.1. The van der Waals surface area contributed by atoms with Crippen molar-refractivity contribution in [3.63, 3.8) is 0 Å². The highest BCUT2D eigenvalue weighted by atomic mass is 16.2. The number of benzene rings is 1. The van der Waals surface area contributed by atoms with Crippen LogP contribution in [-0.2, 0) is 0 Å². The van der Waals surface area contributed by atoms with E-state index in [0.29, 0.717) is 5.56 Å². The first-order chi connectivity index (χ1) is 10.3. The molecule has 1 aromatic heterocycles. The molecule has 1 aliphatic heterocycles. The topological polar surface area (TPSA) is 36.4 Å². The molecular formula is C17H19N3O. The molecule has 0 N–H and O–H groups in total. The molecule has 0 radical (unpaired) electrons. The maximum Gasteiger partial charge on any atom is 0.261 e. The highest BCUT2D eigenvalue weighted by Gasteiger charge is 2.23. The molecule has 3 rings (SSSR count). The second-order valence-electron chi connectivity index (χ2n) is 5.27. The summed E-state index contributed by atoms with van der Waals surface area (Å²) in [6, 6.07) is 13.4. The van der Waals surface area contributed by atoms with E-state index in [-0.39, 0.29) is 5.91 Å². The lowest BCUT2D eigenvalue weighted by Gasteiger charge is -2.23. The number of carbonyl (C=O) groups is 1. The first-order valence-electron chi connectivity index (χ1n) is 7.30. The lowest BCUT2D eigenvalue weighted by molar-refractivity contribution is 0.0993. The van der Waals surface area contributed by atoms with Gasteiger partial charge >= 0.3 is 0 Å². The number of hydrogen-bond donors (Lipinski definition) is 0. The number of para-hydroxylation sites is 1. The van der Waals surface area contributed by atoms with E-state index in [2.05, 4.69) is 9.88 Å². The van der Waals surface area contributed by atoms with Crippen LogP contribution in [0.25, 0.3) is 0 Å². The predicted molar refractivity (Wildman–Crippen MR) is 84.9 cm³/mol. The first kappa shape index (κ1) is 13.6. The second-order valence-corrected chi connectivity index (χ2v) is 5.27. The molecule has 0 aliphatic carbocycles. The van der Waals surface area contributed by atoms with Crippen molar-refractivity contribution in [3.8, 4) is 0 Å². The Morgan fingerprint density at radius 1 is 1.10 bits per heavy atom. The average Bonchev–Trinajstić information content (AvgIpc) is 3.08. The average molecular weight is 281 g/mol. The summed E-state index contributed by atoms with van der Waals surface area (Å²) in [7, 11) is 1.80. The summed E-state index contributed by atoms with van der Waals surface area (Å²) in [5.74, 6) is 0.791. The van der Waals surface area contributed by atoms with Crippen LogP contribution >= 0.6 is 0 Å². The van der Waals surface area contributed by atoms with E-state index in [4.69, 9.17) is 0 Å². The van der Waals surface area contributed by atoms with Crippen LogP contribution < -0.4 is 9.80 Å². The summed E-state index contributed by atoms with van der Waals surface area (Å²) in [5, 5.41) is 0. The van der Waals surface area contributed by atoms with Crippen molar-refractivity contribution < 1.29 is 4.79 Å². The standard InChI is InChI=1S/C17H19N3O/c1-19(14-8-3-2-4-9-14)17(21)15-10-7-11-18-16(15)20-12-5-6-13-20/h2-4,7-11H,5-6,12-13H2,1H3. The van der Waals surface area contributed by atoms with Gasteiger partial charge in [0.05, 0.1) is 5.56 Å². The second kappa shape index (κ2) is 5.95. The van der Waals surface area contributed by atoms with Gasteiger partial charge in [0.15, 0.2) is 0 Å².